The van der Waals surface area contributed by atoms with E-state index in [1.807, 2.05) is 24.3 Å². The molecule has 132 valence electrons. The van der Waals surface area contributed by atoms with Crippen molar-refractivity contribution in [3.05, 3.63) is 84.5 Å². The summed E-state index contributed by atoms with van der Waals surface area (Å²) >= 11 is 0. The third kappa shape index (κ3) is 7.33. The Morgan fingerprint density at radius 1 is 0.962 bits per heavy atom. The maximum Gasteiger partial charge on any atom is 0.338 e. The van der Waals surface area contributed by atoms with Gasteiger partial charge in [0.2, 0.25) is 0 Å². The molecule has 26 heavy (non-hydrogen) atoms. The maximum atomic E-state index is 11.4. The van der Waals surface area contributed by atoms with Crippen molar-refractivity contribution >= 4 is 12.3 Å². The summed E-state index contributed by atoms with van der Waals surface area (Å²) in [7, 11) is 1.63. The van der Waals surface area contributed by atoms with Gasteiger partial charge in [-0.25, -0.2) is 4.79 Å². The van der Waals surface area contributed by atoms with Crippen molar-refractivity contribution in [3.8, 4) is 23.3 Å². The van der Waals surface area contributed by atoms with E-state index in [9.17, 15) is 4.79 Å². The van der Waals surface area contributed by atoms with Crippen LogP contribution in [-0.2, 0) is 9.59 Å². The third-order valence-corrected chi connectivity index (χ3v) is 2.95. The average Bonchev–Trinajstić information content (AvgIpc) is 2.68. The van der Waals surface area contributed by atoms with Crippen molar-refractivity contribution in [2.75, 3.05) is 7.11 Å². The predicted molar refractivity (Wildman–Crippen MR) is 102 cm³/mol. The molecule has 0 N–H and O–H groups in total. The van der Waals surface area contributed by atoms with Crippen molar-refractivity contribution in [3.63, 3.8) is 0 Å². The lowest BCUT2D eigenvalue weighted by atomic mass is 10.2. The summed E-state index contributed by atoms with van der Waals surface area (Å²) in [4.78, 5) is 20.5. The molecule has 0 atom stereocenters. The van der Waals surface area contributed by atoms with Gasteiger partial charge in [-0.2, -0.15) is 0 Å². The van der Waals surface area contributed by atoms with Crippen LogP contribution in [0.2, 0.25) is 0 Å². The van der Waals surface area contributed by atoms with E-state index in [1.165, 1.54) is 6.08 Å². The largest absolute Gasteiger partial charge is 0.497 e. The third-order valence-electron chi connectivity index (χ3n) is 2.95. The smallest absolute Gasteiger partial charge is 0.338 e. The number of ether oxygens (including phenoxy) is 2. The summed E-state index contributed by atoms with van der Waals surface area (Å²) < 4.78 is 10.2. The van der Waals surface area contributed by atoms with Crippen LogP contribution in [0.25, 0.3) is 0 Å². The molecule has 4 heteroatoms. The Morgan fingerprint density at radius 3 is 1.73 bits per heavy atom. The van der Waals surface area contributed by atoms with Gasteiger partial charge in [0.05, 0.1) is 7.11 Å². The number of carbonyl (C=O) groups excluding carboxylic acids is 2. The standard InChI is InChI=1S/C19H16O3.C3H4O/c1-14(2)19(20)22-18-12-8-16(9-13-18)5-4-15-6-10-17(21-3)11-7-15;1-2-3-4/h6-13H,1H2,2-3H3;2-3H,1H2. The lowest BCUT2D eigenvalue weighted by molar-refractivity contribution is -0.130. The zero-order valence-electron chi connectivity index (χ0n) is 14.8. The molecule has 0 amide bonds. The highest BCUT2D eigenvalue weighted by atomic mass is 16.5. The molecule has 0 aliphatic rings. The number of methoxy groups -OCH3 is 1. The second kappa shape index (κ2) is 11.1. The minimum atomic E-state index is -0.433. The molecule has 0 saturated carbocycles. The van der Waals surface area contributed by atoms with Gasteiger partial charge >= 0.3 is 5.97 Å². The van der Waals surface area contributed by atoms with Gasteiger partial charge in [-0.1, -0.05) is 25.0 Å². The van der Waals surface area contributed by atoms with Crippen molar-refractivity contribution in [1.29, 1.82) is 0 Å². The van der Waals surface area contributed by atoms with Crippen LogP contribution in [-0.4, -0.2) is 19.4 Å². The Labute approximate surface area is 153 Å². The topological polar surface area (TPSA) is 52.6 Å². The van der Waals surface area contributed by atoms with Gasteiger partial charge in [0.1, 0.15) is 17.8 Å². The molecule has 0 aliphatic heterocycles. The molecule has 0 fully saturated rings. The molecule has 0 aromatic heterocycles. The average molecular weight is 348 g/mol. The summed E-state index contributed by atoms with van der Waals surface area (Å²) in [5.41, 5.74) is 2.10. The van der Waals surface area contributed by atoms with E-state index in [2.05, 4.69) is 25.0 Å². The zero-order chi connectivity index (χ0) is 19.4. The SMILES string of the molecule is C=C(C)C(=O)Oc1ccc(C#Cc2ccc(OC)cc2)cc1.C=CC=O. The number of allylic oxidation sites excluding steroid dienone is 1. The van der Waals surface area contributed by atoms with E-state index in [0.717, 1.165) is 16.9 Å². The molecule has 0 unspecified atom stereocenters. The molecule has 0 saturated heterocycles. The number of hydrogen-bond acceptors (Lipinski definition) is 4. The van der Waals surface area contributed by atoms with E-state index in [0.29, 0.717) is 17.6 Å². The van der Waals surface area contributed by atoms with E-state index in [1.54, 1.807) is 38.3 Å². The number of aldehydes is 1. The summed E-state index contributed by atoms with van der Waals surface area (Å²) in [5.74, 6) is 6.96. The van der Waals surface area contributed by atoms with Gasteiger partial charge in [-0.05, 0) is 61.5 Å². The van der Waals surface area contributed by atoms with Crippen LogP contribution < -0.4 is 9.47 Å². The van der Waals surface area contributed by atoms with Gasteiger partial charge in [-0.15, -0.1) is 0 Å². The van der Waals surface area contributed by atoms with Crippen molar-refractivity contribution in [2.24, 2.45) is 0 Å². The van der Waals surface area contributed by atoms with Crippen LogP contribution in [0.1, 0.15) is 18.1 Å². The van der Waals surface area contributed by atoms with Crippen LogP contribution >= 0.6 is 0 Å². The minimum Gasteiger partial charge on any atom is -0.497 e. The maximum absolute atomic E-state index is 11.4. The highest BCUT2D eigenvalue weighted by Gasteiger charge is 2.04. The number of benzene rings is 2. The summed E-state index contributed by atoms with van der Waals surface area (Å²) in [6.45, 7) is 8.26. The molecule has 0 heterocycles. The first-order valence-electron chi connectivity index (χ1n) is 7.70. The van der Waals surface area contributed by atoms with Crippen molar-refractivity contribution in [2.45, 2.75) is 6.92 Å². The summed E-state index contributed by atoms with van der Waals surface area (Å²) in [5, 5.41) is 0. The molecule has 0 spiro atoms. The Hall–Kier alpha value is -3.58. The zero-order valence-corrected chi connectivity index (χ0v) is 14.8. The van der Waals surface area contributed by atoms with E-state index >= 15 is 0 Å². The lowest BCUT2D eigenvalue weighted by Gasteiger charge is -2.03. The molecule has 2 aromatic carbocycles. The Morgan fingerprint density at radius 2 is 1.38 bits per heavy atom. The van der Waals surface area contributed by atoms with Gasteiger partial charge in [0.15, 0.2) is 0 Å². The first-order chi connectivity index (χ1) is 12.5. The molecule has 0 aliphatic carbocycles. The highest BCUT2D eigenvalue weighted by molar-refractivity contribution is 5.88. The molecule has 2 rings (SSSR count). The molecular weight excluding hydrogens is 328 g/mol. The molecule has 0 bridgehead atoms. The van der Waals surface area contributed by atoms with Gasteiger partial charge in [0, 0.05) is 16.7 Å². The van der Waals surface area contributed by atoms with Crippen LogP contribution in [0, 0.1) is 11.8 Å². The van der Waals surface area contributed by atoms with Gasteiger partial charge in [-0.3, -0.25) is 4.79 Å². The summed E-state index contributed by atoms with van der Waals surface area (Å²) in [6.07, 6.45) is 1.83. The van der Waals surface area contributed by atoms with E-state index in [-0.39, 0.29) is 0 Å². The van der Waals surface area contributed by atoms with Crippen molar-refractivity contribution < 1.29 is 19.1 Å². The number of rotatable bonds is 4. The molecule has 4 nitrogen and oxygen atoms in total. The molecule has 2 aromatic rings. The van der Waals surface area contributed by atoms with E-state index in [4.69, 9.17) is 14.3 Å². The fourth-order valence-electron chi connectivity index (χ4n) is 1.62. The van der Waals surface area contributed by atoms with Crippen LogP contribution in [0.15, 0.2) is 73.3 Å². The minimum absolute atomic E-state index is 0.364. The fourth-order valence-corrected chi connectivity index (χ4v) is 1.62. The Balaban J connectivity index is 0.000000765. The van der Waals surface area contributed by atoms with Crippen LogP contribution in [0.5, 0.6) is 11.5 Å². The number of hydrogen-bond donors (Lipinski definition) is 0. The van der Waals surface area contributed by atoms with E-state index < -0.39 is 5.97 Å². The Kier molecular flexibility index (Phi) is 8.70. The summed E-state index contributed by atoms with van der Waals surface area (Å²) in [6, 6.07) is 14.5. The quantitative estimate of drug-likeness (QED) is 0.276. The molecule has 0 radical (unpaired) electrons. The molecular formula is C22H20O4. The first kappa shape index (κ1) is 20.5. The predicted octanol–water partition coefficient (Wildman–Crippen LogP) is 3.95. The normalized spacial score (nSPS) is 8.69. The Bertz CT molecular complexity index is 813. The second-order valence-corrected chi connectivity index (χ2v) is 5.04. The highest BCUT2D eigenvalue weighted by Crippen LogP contribution is 2.14. The number of esters is 1. The van der Waals surface area contributed by atoms with Crippen LogP contribution in [0.3, 0.4) is 0 Å². The first-order valence-corrected chi connectivity index (χ1v) is 7.70. The van der Waals surface area contributed by atoms with Crippen molar-refractivity contribution in [1.82, 2.24) is 0 Å². The van der Waals surface area contributed by atoms with Gasteiger partial charge < -0.3 is 9.47 Å². The monoisotopic (exact) mass is 348 g/mol. The van der Waals surface area contributed by atoms with Gasteiger partial charge in [0.25, 0.3) is 0 Å². The number of carbonyl (C=O) groups is 2. The lowest BCUT2D eigenvalue weighted by Crippen LogP contribution is -2.07. The van der Waals surface area contributed by atoms with Crippen LogP contribution in [0.4, 0.5) is 0 Å². The second-order valence-electron chi connectivity index (χ2n) is 5.04. The fraction of sp³-hybridized carbons (Fsp3) is 0.0909.